The fourth-order valence-electron chi connectivity index (χ4n) is 2.30. The number of carbonyl (C=O) groups is 1. The number of hydrogen-bond acceptors (Lipinski definition) is 5. The number of rotatable bonds is 5. The van der Waals surface area contributed by atoms with Crippen LogP contribution in [0.1, 0.15) is 32.4 Å². The van der Waals surface area contributed by atoms with Gasteiger partial charge in [0.1, 0.15) is 0 Å². The molecule has 0 fully saturated rings. The maximum Gasteiger partial charge on any atom is 0.331 e. The lowest BCUT2D eigenvalue weighted by Gasteiger charge is -2.27. The lowest BCUT2D eigenvalue weighted by atomic mass is 9.93. The Bertz CT molecular complexity index is 626. The van der Waals surface area contributed by atoms with Gasteiger partial charge in [-0.1, -0.05) is 13.8 Å². The van der Waals surface area contributed by atoms with Crippen LogP contribution in [0.2, 0.25) is 0 Å². The van der Waals surface area contributed by atoms with E-state index in [0.717, 1.165) is 11.3 Å². The minimum Gasteiger partial charge on any atom is -0.479 e. The lowest BCUT2D eigenvalue weighted by Crippen LogP contribution is -2.42. The highest BCUT2D eigenvalue weighted by Crippen LogP contribution is 2.30. The summed E-state index contributed by atoms with van der Waals surface area (Å²) >= 11 is 0. The average molecular weight is 278 g/mol. The molecular formula is C12H18N6O2. The van der Waals surface area contributed by atoms with Gasteiger partial charge in [-0.2, -0.15) is 5.10 Å². The van der Waals surface area contributed by atoms with E-state index in [-0.39, 0.29) is 0 Å². The van der Waals surface area contributed by atoms with Crippen molar-refractivity contribution >= 4 is 5.97 Å². The standard InChI is InChI=1S/C12H18N6O2/c1-5-12(6-2,11(19)20)18-10(14-15-16-18)9-7-13-17(4)8(9)3/h7H,5-6H2,1-4H3,(H,19,20). The van der Waals surface area contributed by atoms with Crippen LogP contribution in [-0.2, 0) is 17.4 Å². The van der Waals surface area contributed by atoms with Crippen molar-refractivity contribution in [1.29, 1.82) is 0 Å². The molecule has 0 aromatic carbocycles. The summed E-state index contributed by atoms with van der Waals surface area (Å²) in [4.78, 5) is 11.7. The fourth-order valence-corrected chi connectivity index (χ4v) is 2.30. The highest BCUT2D eigenvalue weighted by atomic mass is 16.4. The quantitative estimate of drug-likeness (QED) is 0.875. The van der Waals surface area contributed by atoms with E-state index in [0.29, 0.717) is 18.7 Å². The smallest absolute Gasteiger partial charge is 0.331 e. The molecule has 0 spiro atoms. The number of carboxylic acid groups (broad SMARTS) is 1. The summed E-state index contributed by atoms with van der Waals surface area (Å²) in [5.74, 6) is -0.501. The van der Waals surface area contributed by atoms with E-state index >= 15 is 0 Å². The zero-order valence-electron chi connectivity index (χ0n) is 12.0. The number of hydrogen-bond donors (Lipinski definition) is 1. The van der Waals surface area contributed by atoms with Crippen LogP contribution in [0.15, 0.2) is 6.20 Å². The molecule has 0 amide bonds. The third kappa shape index (κ3) is 1.87. The molecule has 108 valence electrons. The van der Waals surface area contributed by atoms with Crippen molar-refractivity contribution in [3.05, 3.63) is 11.9 Å². The second-order valence-corrected chi connectivity index (χ2v) is 4.73. The molecule has 2 heterocycles. The van der Waals surface area contributed by atoms with Gasteiger partial charge in [0.15, 0.2) is 11.4 Å². The molecule has 0 aliphatic carbocycles. The molecule has 0 unspecified atom stereocenters. The van der Waals surface area contributed by atoms with Crippen LogP contribution in [0.4, 0.5) is 0 Å². The molecule has 0 saturated heterocycles. The molecule has 0 aliphatic heterocycles. The van der Waals surface area contributed by atoms with Crippen LogP contribution in [-0.4, -0.2) is 41.1 Å². The van der Waals surface area contributed by atoms with Crippen molar-refractivity contribution in [2.75, 3.05) is 0 Å². The van der Waals surface area contributed by atoms with Crippen molar-refractivity contribution in [3.8, 4) is 11.4 Å². The first-order valence-corrected chi connectivity index (χ1v) is 6.49. The van der Waals surface area contributed by atoms with Crippen molar-refractivity contribution in [1.82, 2.24) is 30.0 Å². The molecule has 2 rings (SSSR count). The number of carboxylic acids is 1. The normalized spacial score (nSPS) is 11.8. The number of aryl methyl sites for hydroxylation is 1. The van der Waals surface area contributed by atoms with Crippen LogP contribution in [0.5, 0.6) is 0 Å². The van der Waals surface area contributed by atoms with Gasteiger partial charge in [-0.15, -0.1) is 5.10 Å². The van der Waals surface area contributed by atoms with Gasteiger partial charge >= 0.3 is 5.97 Å². The Morgan fingerprint density at radius 2 is 2.05 bits per heavy atom. The maximum absolute atomic E-state index is 11.7. The van der Waals surface area contributed by atoms with Crippen LogP contribution < -0.4 is 0 Å². The Morgan fingerprint density at radius 3 is 2.50 bits per heavy atom. The molecule has 0 aliphatic rings. The van der Waals surface area contributed by atoms with E-state index in [1.165, 1.54) is 4.68 Å². The van der Waals surface area contributed by atoms with E-state index in [2.05, 4.69) is 20.6 Å². The molecule has 2 aromatic heterocycles. The minimum atomic E-state index is -1.14. The van der Waals surface area contributed by atoms with E-state index in [4.69, 9.17) is 0 Å². The predicted molar refractivity (Wildman–Crippen MR) is 70.9 cm³/mol. The first-order valence-electron chi connectivity index (χ1n) is 6.49. The topological polar surface area (TPSA) is 98.7 Å². The van der Waals surface area contributed by atoms with Gasteiger partial charge in [0.25, 0.3) is 0 Å². The van der Waals surface area contributed by atoms with Gasteiger partial charge in [-0.25, -0.2) is 9.48 Å². The first-order chi connectivity index (χ1) is 9.47. The van der Waals surface area contributed by atoms with Crippen molar-refractivity contribution in [2.45, 2.75) is 39.2 Å². The lowest BCUT2D eigenvalue weighted by molar-refractivity contribution is -0.148. The monoisotopic (exact) mass is 278 g/mol. The van der Waals surface area contributed by atoms with Gasteiger partial charge in [-0.05, 0) is 30.2 Å². The summed E-state index contributed by atoms with van der Waals surface area (Å²) < 4.78 is 3.11. The maximum atomic E-state index is 11.7. The van der Waals surface area contributed by atoms with E-state index in [1.807, 2.05) is 27.8 Å². The summed E-state index contributed by atoms with van der Waals surface area (Å²) in [7, 11) is 1.82. The molecule has 0 atom stereocenters. The summed E-state index contributed by atoms with van der Waals surface area (Å²) in [6, 6.07) is 0. The second-order valence-electron chi connectivity index (χ2n) is 4.73. The number of aromatic nitrogens is 6. The van der Waals surface area contributed by atoms with Crippen LogP contribution in [0.3, 0.4) is 0 Å². The van der Waals surface area contributed by atoms with Gasteiger partial charge in [0, 0.05) is 12.7 Å². The molecule has 0 saturated carbocycles. The van der Waals surface area contributed by atoms with Gasteiger partial charge in [0.2, 0.25) is 0 Å². The van der Waals surface area contributed by atoms with E-state index < -0.39 is 11.5 Å². The van der Waals surface area contributed by atoms with Crippen LogP contribution in [0, 0.1) is 6.92 Å². The highest BCUT2D eigenvalue weighted by molar-refractivity contribution is 5.77. The zero-order chi connectivity index (χ0) is 14.9. The number of tetrazole rings is 1. The fraction of sp³-hybridized carbons (Fsp3) is 0.583. The molecule has 0 radical (unpaired) electrons. The molecule has 8 nitrogen and oxygen atoms in total. The van der Waals surface area contributed by atoms with Gasteiger partial charge in [0.05, 0.1) is 11.8 Å². The first kappa shape index (κ1) is 14.2. The van der Waals surface area contributed by atoms with E-state index in [9.17, 15) is 9.90 Å². The van der Waals surface area contributed by atoms with Crippen LogP contribution in [0.25, 0.3) is 11.4 Å². The SMILES string of the molecule is CCC(CC)(C(=O)O)n1nnnc1-c1cnn(C)c1C. The minimum absolute atomic E-state index is 0.399. The van der Waals surface area contributed by atoms with Crippen molar-refractivity contribution < 1.29 is 9.90 Å². The predicted octanol–water partition coefficient (Wildman–Crippen LogP) is 0.982. The largest absolute Gasteiger partial charge is 0.479 e. The van der Waals surface area contributed by atoms with Gasteiger partial charge < -0.3 is 5.11 Å². The molecule has 8 heteroatoms. The average Bonchev–Trinajstić information content (AvgIpc) is 3.01. The molecule has 20 heavy (non-hydrogen) atoms. The summed E-state index contributed by atoms with van der Waals surface area (Å²) in [5.41, 5.74) is 0.485. The summed E-state index contributed by atoms with van der Waals surface area (Å²) in [6.07, 6.45) is 2.45. The zero-order valence-corrected chi connectivity index (χ0v) is 12.0. The third-order valence-electron chi connectivity index (χ3n) is 3.92. The Kier molecular flexibility index (Phi) is 3.56. The van der Waals surface area contributed by atoms with Crippen LogP contribution >= 0.6 is 0 Å². The Hall–Kier alpha value is -2.25. The molecular weight excluding hydrogens is 260 g/mol. The Labute approximate surface area is 116 Å². The van der Waals surface area contributed by atoms with Crippen molar-refractivity contribution in [3.63, 3.8) is 0 Å². The molecule has 2 aromatic rings. The van der Waals surface area contributed by atoms with Gasteiger partial charge in [-0.3, -0.25) is 4.68 Å². The second kappa shape index (κ2) is 5.03. The van der Waals surface area contributed by atoms with Crippen molar-refractivity contribution in [2.24, 2.45) is 7.05 Å². The summed E-state index contributed by atoms with van der Waals surface area (Å²) in [5, 5.41) is 25.3. The summed E-state index contributed by atoms with van der Waals surface area (Å²) in [6.45, 7) is 5.53. The number of aliphatic carboxylic acids is 1. The Morgan fingerprint density at radius 1 is 1.40 bits per heavy atom. The van der Waals surface area contributed by atoms with E-state index in [1.54, 1.807) is 10.9 Å². The third-order valence-corrected chi connectivity index (χ3v) is 3.92. The Balaban J connectivity index is 2.64. The highest BCUT2D eigenvalue weighted by Gasteiger charge is 2.41. The molecule has 0 bridgehead atoms. The molecule has 1 N–H and O–H groups in total. The number of nitrogens with zero attached hydrogens (tertiary/aromatic N) is 6.